The molecule has 4 nitrogen and oxygen atoms in total. The summed E-state index contributed by atoms with van der Waals surface area (Å²) in [6, 6.07) is 15.1. The Bertz CT molecular complexity index is 646. The molecular formula is C18H20F2N2O2. The molecule has 24 heavy (non-hydrogen) atoms. The number of hydrogen-bond donors (Lipinski definition) is 1. The molecule has 0 radical (unpaired) electrons. The van der Waals surface area contributed by atoms with Crippen LogP contribution in [0.2, 0.25) is 0 Å². The van der Waals surface area contributed by atoms with E-state index in [0.717, 1.165) is 5.56 Å². The first-order valence-corrected chi connectivity index (χ1v) is 7.51. The summed E-state index contributed by atoms with van der Waals surface area (Å²) in [6.07, 6.45) is 0. The molecule has 0 spiro atoms. The molecular weight excluding hydrogens is 314 g/mol. The summed E-state index contributed by atoms with van der Waals surface area (Å²) in [7, 11) is 3.86. The lowest BCUT2D eigenvalue weighted by atomic mass is 10.1. The van der Waals surface area contributed by atoms with Gasteiger partial charge in [0.15, 0.2) is 0 Å². The maximum atomic E-state index is 12.4. The fourth-order valence-corrected chi connectivity index (χ4v) is 2.31. The van der Waals surface area contributed by atoms with E-state index in [2.05, 4.69) is 10.1 Å². The average molecular weight is 334 g/mol. The zero-order valence-corrected chi connectivity index (χ0v) is 13.6. The van der Waals surface area contributed by atoms with E-state index < -0.39 is 6.61 Å². The first kappa shape index (κ1) is 17.9. The molecule has 0 saturated heterocycles. The van der Waals surface area contributed by atoms with Gasteiger partial charge in [0, 0.05) is 12.1 Å². The Morgan fingerprint density at radius 1 is 1.08 bits per heavy atom. The maximum absolute atomic E-state index is 12.4. The van der Waals surface area contributed by atoms with Crippen LogP contribution in [0.25, 0.3) is 0 Å². The first-order chi connectivity index (χ1) is 11.5. The number of likely N-dealkylation sites (N-methyl/N-ethyl adjacent to an activating group) is 1. The molecule has 0 aliphatic carbocycles. The minimum atomic E-state index is -2.88. The van der Waals surface area contributed by atoms with Gasteiger partial charge in [-0.1, -0.05) is 30.3 Å². The standard InChI is InChI=1S/C18H20F2N2O2/c1-22(2)12-16(13-6-4-3-5-7-13)21-17(23)14-8-10-15(11-9-14)24-18(19)20/h3-11,16,18H,12H2,1-2H3,(H,21,23). The summed E-state index contributed by atoms with van der Waals surface area (Å²) in [5.74, 6) is -0.247. The van der Waals surface area contributed by atoms with Crippen LogP contribution in [-0.2, 0) is 0 Å². The highest BCUT2D eigenvalue weighted by Gasteiger charge is 2.16. The van der Waals surface area contributed by atoms with Crippen molar-refractivity contribution in [1.82, 2.24) is 10.2 Å². The quantitative estimate of drug-likeness (QED) is 0.844. The maximum Gasteiger partial charge on any atom is 0.387 e. The zero-order chi connectivity index (χ0) is 17.5. The van der Waals surface area contributed by atoms with Gasteiger partial charge < -0.3 is 15.0 Å². The number of nitrogens with one attached hydrogen (secondary N) is 1. The summed E-state index contributed by atoms with van der Waals surface area (Å²) < 4.78 is 28.6. The van der Waals surface area contributed by atoms with Gasteiger partial charge in [-0.2, -0.15) is 8.78 Å². The van der Waals surface area contributed by atoms with Gasteiger partial charge >= 0.3 is 6.61 Å². The number of alkyl halides is 2. The van der Waals surface area contributed by atoms with Gasteiger partial charge in [-0.05, 0) is 43.9 Å². The molecule has 0 aliphatic rings. The Morgan fingerprint density at radius 3 is 2.25 bits per heavy atom. The lowest BCUT2D eigenvalue weighted by molar-refractivity contribution is -0.0498. The Morgan fingerprint density at radius 2 is 1.71 bits per heavy atom. The van der Waals surface area contributed by atoms with Gasteiger partial charge in [0.25, 0.3) is 5.91 Å². The average Bonchev–Trinajstić information content (AvgIpc) is 2.54. The highest BCUT2D eigenvalue weighted by Crippen LogP contribution is 2.17. The molecule has 0 bridgehead atoms. The van der Waals surface area contributed by atoms with Crippen LogP contribution in [0.3, 0.4) is 0 Å². The van der Waals surface area contributed by atoms with Crippen molar-refractivity contribution in [3.63, 3.8) is 0 Å². The summed E-state index contributed by atoms with van der Waals surface area (Å²) >= 11 is 0. The van der Waals surface area contributed by atoms with Gasteiger partial charge in [-0.25, -0.2) is 0 Å². The lowest BCUT2D eigenvalue weighted by Crippen LogP contribution is -2.35. The van der Waals surface area contributed by atoms with E-state index in [-0.39, 0.29) is 17.7 Å². The minimum absolute atomic E-state index is 0.0226. The van der Waals surface area contributed by atoms with Crippen LogP contribution in [0.15, 0.2) is 54.6 Å². The van der Waals surface area contributed by atoms with Crippen molar-refractivity contribution < 1.29 is 18.3 Å². The van der Waals surface area contributed by atoms with E-state index in [1.54, 1.807) is 0 Å². The molecule has 1 amide bonds. The van der Waals surface area contributed by atoms with Crippen LogP contribution < -0.4 is 10.1 Å². The molecule has 0 heterocycles. The number of carbonyl (C=O) groups is 1. The third-order valence-corrected chi connectivity index (χ3v) is 3.40. The van der Waals surface area contributed by atoms with Crippen LogP contribution in [0.4, 0.5) is 8.78 Å². The Hall–Kier alpha value is -2.47. The third kappa shape index (κ3) is 5.31. The number of benzene rings is 2. The fourth-order valence-electron chi connectivity index (χ4n) is 2.31. The number of rotatable bonds is 7. The van der Waals surface area contributed by atoms with Crippen molar-refractivity contribution >= 4 is 5.91 Å². The second-order valence-corrected chi connectivity index (χ2v) is 5.60. The molecule has 2 aromatic carbocycles. The number of carbonyl (C=O) groups excluding carboxylic acids is 1. The lowest BCUT2D eigenvalue weighted by Gasteiger charge is -2.23. The predicted octanol–water partition coefficient (Wildman–Crippen LogP) is 3.32. The van der Waals surface area contributed by atoms with Crippen molar-refractivity contribution in [3.8, 4) is 5.75 Å². The van der Waals surface area contributed by atoms with E-state index >= 15 is 0 Å². The predicted molar refractivity (Wildman–Crippen MR) is 88.3 cm³/mol. The Labute approximate surface area is 140 Å². The van der Waals surface area contributed by atoms with Crippen LogP contribution in [0.1, 0.15) is 22.0 Å². The summed E-state index contributed by atoms with van der Waals surface area (Å²) in [4.78, 5) is 14.4. The van der Waals surface area contributed by atoms with Crippen LogP contribution in [0, 0.1) is 0 Å². The number of nitrogens with zero attached hydrogens (tertiary/aromatic N) is 1. The smallest absolute Gasteiger partial charge is 0.387 e. The van der Waals surface area contributed by atoms with Gasteiger partial charge in [0.2, 0.25) is 0 Å². The molecule has 0 aromatic heterocycles. The number of amides is 1. The molecule has 1 N–H and O–H groups in total. The van der Waals surface area contributed by atoms with Crippen molar-refractivity contribution in [2.45, 2.75) is 12.7 Å². The molecule has 1 atom stereocenters. The Balaban J connectivity index is 2.09. The zero-order valence-electron chi connectivity index (χ0n) is 13.6. The first-order valence-electron chi connectivity index (χ1n) is 7.51. The van der Waals surface area contributed by atoms with Gasteiger partial charge in [0.1, 0.15) is 5.75 Å². The van der Waals surface area contributed by atoms with E-state index in [4.69, 9.17) is 0 Å². The van der Waals surface area contributed by atoms with E-state index in [1.807, 2.05) is 49.3 Å². The van der Waals surface area contributed by atoms with Gasteiger partial charge in [-0.15, -0.1) is 0 Å². The summed E-state index contributed by atoms with van der Waals surface area (Å²) in [5, 5.41) is 2.97. The van der Waals surface area contributed by atoms with E-state index in [0.29, 0.717) is 12.1 Å². The number of hydrogen-bond acceptors (Lipinski definition) is 3. The molecule has 128 valence electrons. The molecule has 1 unspecified atom stereocenters. The SMILES string of the molecule is CN(C)CC(NC(=O)c1ccc(OC(F)F)cc1)c1ccccc1. The molecule has 0 fully saturated rings. The van der Waals surface area contributed by atoms with E-state index in [9.17, 15) is 13.6 Å². The normalized spacial score (nSPS) is 12.2. The molecule has 2 rings (SSSR count). The molecule has 6 heteroatoms. The number of halogens is 2. The monoisotopic (exact) mass is 334 g/mol. The highest BCUT2D eigenvalue weighted by molar-refractivity contribution is 5.94. The minimum Gasteiger partial charge on any atom is -0.435 e. The fraction of sp³-hybridized carbons (Fsp3) is 0.278. The number of ether oxygens (including phenoxy) is 1. The summed E-state index contributed by atoms with van der Waals surface area (Å²) in [5.41, 5.74) is 1.38. The largest absolute Gasteiger partial charge is 0.435 e. The van der Waals surface area contributed by atoms with Crippen LogP contribution in [0.5, 0.6) is 5.75 Å². The summed E-state index contributed by atoms with van der Waals surface area (Å²) in [6.45, 7) is -2.24. The van der Waals surface area contributed by atoms with Crippen molar-refractivity contribution in [3.05, 3.63) is 65.7 Å². The van der Waals surface area contributed by atoms with Crippen LogP contribution >= 0.6 is 0 Å². The van der Waals surface area contributed by atoms with E-state index in [1.165, 1.54) is 24.3 Å². The molecule has 0 saturated carbocycles. The second kappa shape index (κ2) is 8.40. The highest BCUT2D eigenvalue weighted by atomic mass is 19.3. The van der Waals surface area contributed by atoms with Crippen molar-refractivity contribution in [1.29, 1.82) is 0 Å². The van der Waals surface area contributed by atoms with Crippen molar-refractivity contribution in [2.75, 3.05) is 20.6 Å². The molecule has 2 aromatic rings. The Kier molecular flexibility index (Phi) is 6.26. The van der Waals surface area contributed by atoms with Gasteiger partial charge in [-0.3, -0.25) is 4.79 Å². The molecule has 0 aliphatic heterocycles. The topological polar surface area (TPSA) is 41.6 Å². The van der Waals surface area contributed by atoms with Crippen molar-refractivity contribution in [2.24, 2.45) is 0 Å². The second-order valence-electron chi connectivity index (χ2n) is 5.60. The third-order valence-electron chi connectivity index (χ3n) is 3.40. The van der Waals surface area contributed by atoms with Crippen LogP contribution in [-0.4, -0.2) is 38.1 Å². The van der Waals surface area contributed by atoms with Gasteiger partial charge in [0.05, 0.1) is 6.04 Å².